The molecule has 0 unspecified atom stereocenters. The molecule has 4 rings (SSSR count). The van der Waals surface area contributed by atoms with Gasteiger partial charge in [0.15, 0.2) is 17.3 Å². The van der Waals surface area contributed by atoms with Crippen molar-refractivity contribution in [3.05, 3.63) is 58.7 Å². The molecule has 2 aromatic rings. The molecule has 2 aliphatic heterocycles. The van der Waals surface area contributed by atoms with Crippen LogP contribution in [0, 0.1) is 19.3 Å². The SMILES string of the molecule is COc1cc(/C=C2\C(=N)N3N=C(C)SC3=NC2=O)ccc1OCCOc1ccc(C)cc1C. The van der Waals surface area contributed by atoms with Crippen LogP contribution < -0.4 is 14.2 Å². The number of hydrogen-bond donors (Lipinski definition) is 1. The summed E-state index contributed by atoms with van der Waals surface area (Å²) in [6, 6.07) is 11.4. The van der Waals surface area contributed by atoms with Gasteiger partial charge >= 0.3 is 0 Å². The van der Waals surface area contributed by atoms with Gasteiger partial charge in [0.2, 0.25) is 5.17 Å². The maximum absolute atomic E-state index is 12.5. The highest BCUT2D eigenvalue weighted by atomic mass is 32.2. The molecular formula is C24H24N4O4S. The third-order valence-corrected chi connectivity index (χ3v) is 5.81. The van der Waals surface area contributed by atoms with Gasteiger partial charge in [0.05, 0.1) is 17.7 Å². The number of nitrogens with one attached hydrogen (secondary N) is 1. The van der Waals surface area contributed by atoms with Crippen LogP contribution in [0.25, 0.3) is 6.08 Å². The molecular weight excluding hydrogens is 440 g/mol. The number of thioether (sulfide) groups is 1. The lowest BCUT2D eigenvalue weighted by molar-refractivity contribution is -0.114. The fourth-order valence-electron chi connectivity index (χ4n) is 3.41. The van der Waals surface area contributed by atoms with E-state index in [4.69, 9.17) is 19.6 Å². The van der Waals surface area contributed by atoms with Crippen molar-refractivity contribution in [1.82, 2.24) is 5.01 Å². The van der Waals surface area contributed by atoms with Crippen LogP contribution in [0.1, 0.15) is 23.6 Å². The van der Waals surface area contributed by atoms with Gasteiger partial charge in [-0.3, -0.25) is 10.2 Å². The molecule has 0 aliphatic carbocycles. The van der Waals surface area contributed by atoms with Crippen molar-refractivity contribution < 1.29 is 19.0 Å². The fraction of sp³-hybridized carbons (Fsp3) is 0.250. The van der Waals surface area contributed by atoms with Crippen molar-refractivity contribution >= 4 is 39.8 Å². The number of carbonyl (C=O) groups excluding carboxylic acids is 1. The maximum atomic E-state index is 12.5. The Labute approximate surface area is 196 Å². The van der Waals surface area contributed by atoms with Crippen molar-refractivity contribution in [3.8, 4) is 17.2 Å². The molecule has 0 atom stereocenters. The van der Waals surface area contributed by atoms with E-state index >= 15 is 0 Å². The molecule has 0 fully saturated rings. The number of benzene rings is 2. The van der Waals surface area contributed by atoms with Gasteiger partial charge in [-0.25, -0.2) is 0 Å². The van der Waals surface area contributed by atoms with Gasteiger partial charge in [-0.2, -0.15) is 15.1 Å². The van der Waals surface area contributed by atoms with E-state index in [9.17, 15) is 4.79 Å². The van der Waals surface area contributed by atoms with Crippen LogP contribution in [0.3, 0.4) is 0 Å². The molecule has 1 N–H and O–H groups in total. The van der Waals surface area contributed by atoms with E-state index in [-0.39, 0.29) is 11.4 Å². The summed E-state index contributed by atoms with van der Waals surface area (Å²) in [5, 5.41) is 15.1. The molecule has 170 valence electrons. The summed E-state index contributed by atoms with van der Waals surface area (Å²) in [7, 11) is 1.55. The van der Waals surface area contributed by atoms with E-state index in [1.807, 2.05) is 32.9 Å². The minimum absolute atomic E-state index is 0.00260. The van der Waals surface area contributed by atoms with Crippen molar-refractivity contribution in [2.24, 2.45) is 10.1 Å². The van der Waals surface area contributed by atoms with E-state index in [0.717, 1.165) is 16.4 Å². The van der Waals surface area contributed by atoms with Gasteiger partial charge in [-0.15, -0.1) is 0 Å². The summed E-state index contributed by atoms with van der Waals surface area (Å²) in [6.07, 6.45) is 1.61. The fourth-order valence-corrected chi connectivity index (χ4v) is 4.15. The number of amides is 1. The van der Waals surface area contributed by atoms with Gasteiger partial charge in [0, 0.05) is 0 Å². The first-order chi connectivity index (χ1) is 15.9. The molecule has 0 saturated heterocycles. The molecule has 2 aromatic carbocycles. The maximum Gasteiger partial charge on any atom is 0.283 e. The van der Waals surface area contributed by atoms with Crippen molar-refractivity contribution in [3.63, 3.8) is 0 Å². The number of amidine groups is 2. The van der Waals surface area contributed by atoms with Gasteiger partial charge in [0.1, 0.15) is 19.0 Å². The minimum Gasteiger partial charge on any atom is -0.493 e. The Bertz CT molecular complexity index is 1220. The van der Waals surface area contributed by atoms with Crippen LogP contribution in [0.4, 0.5) is 0 Å². The third kappa shape index (κ3) is 4.93. The summed E-state index contributed by atoms with van der Waals surface area (Å²) >= 11 is 1.27. The zero-order valence-corrected chi connectivity index (χ0v) is 19.7. The Balaban J connectivity index is 1.43. The van der Waals surface area contributed by atoms with Gasteiger partial charge in [-0.1, -0.05) is 23.8 Å². The van der Waals surface area contributed by atoms with E-state index in [0.29, 0.717) is 35.4 Å². The standard InChI is InChI=1S/C24H24N4O4S/c1-14-5-7-19(15(2)11-14)31-9-10-32-20-8-6-17(13-21(20)30-4)12-18-22(25)28-24(26-23(18)29)33-16(3)27-28/h5-8,11-13,25H,9-10H2,1-4H3/b18-12+,25-22?. The van der Waals surface area contributed by atoms with Crippen LogP contribution in [0.15, 0.2) is 52.1 Å². The molecule has 0 bridgehead atoms. The lowest BCUT2D eigenvalue weighted by Crippen LogP contribution is -2.35. The van der Waals surface area contributed by atoms with E-state index in [1.54, 1.807) is 31.4 Å². The zero-order valence-electron chi connectivity index (χ0n) is 18.8. The number of rotatable bonds is 7. The first-order valence-corrected chi connectivity index (χ1v) is 11.1. The van der Waals surface area contributed by atoms with Crippen LogP contribution >= 0.6 is 11.8 Å². The monoisotopic (exact) mass is 464 g/mol. The first-order valence-electron chi connectivity index (χ1n) is 10.3. The van der Waals surface area contributed by atoms with Gasteiger partial charge in [-0.05, 0) is 67.9 Å². The predicted octanol–water partition coefficient (Wildman–Crippen LogP) is 4.41. The number of ether oxygens (including phenoxy) is 3. The number of aryl methyl sites for hydroxylation is 2. The smallest absolute Gasteiger partial charge is 0.283 e. The highest BCUT2D eigenvalue weighted by Gasteiger charge is 2.34. The Hall–Kier alpha value is -3.59. The van der Waals surface area contributed by atoms with Gasteiger partial charge in [0.25, 0.3) is 5.91 Å². The Kier molecular flexibility index (Phi) is 6.50. The predicted molar refractivity (Wildman–Crippen MR) is 131 cm³/mol. The Morgan fingerprint density at radius 2 is 1.76 bits per heavy atom. The molecule has 1 amide bonds. The number of hydrogen-bond acceptors (Lipinski definition) is 7. The van der Waals surface area contributed by atoms with Gasteiger partial charge < -0.3 is 14.2 Å². The second-order valence-electron chi connectivity index (χ2n) is 7.52. The lowest BCUT2D eigenvalue weighted by atomic mass is 10.1. The average molecular weight is 465 g/mol. The number of aliphatic imine (C=N–C) groups is 1. The first kappa shape index (κ1) is 22.6. The summed E-state index contributed by atoms with van der Waals surface area (Å²) in [5.41, 5.74) is 3.12. The summed E-state index contributed by atoms with van der Waals surface area (Å²) in [5.74, 6) is 1.44. The van der Waals surface area contributed by atoms with E-state index in [1.165, 1.54) is 22.3 Å². The van der Waals surface area contributed by atoms with Crippen LogP contribution in [0.5, 0.6) is 17.2 Å². The summed E-state index contributed by atoms with van der Waals surface area (Å²) < 4.78 is 17.1. The average Bonchev–Trinajstić information content (AvgIpc) is 3.16. The number of methoxy groups -OCH3 is 1. The Morgan fingerprint density at radius 1 is 1.03 bits per heavy atom. The summed E-state index contributed by atoms with van der Waals surface area (Å²) in [4.78, 5) is 16.5. The molecule has 9 heteroatoms. The zero-order chi connectivity index (χ0) is 23.5. The molecule has 33 heavy (non-hydrogen) atoms. The molecule has 0 saturated carbocycles. The van der Waals surface area contributed by atoms with E-state index < -0.39 is 5.91 Å². The van der Waals surface area contributed by atoms with Crippen LogP contribution in [-0.4, -0.2) is 47.3 Å². The topological polar surface area (TPSA) is 96.6 Å². The second-order valence-corrected chi connectivity index (χ2v) is 8.68. The quantitative estimate of drug-likeness (QED) is 0.482. The normalized spacial score (nSPS) is 16.5. The third-order valence-electron chi connectivity index (χ3n) is 4.98. The summed E-state index contributed by atoms with van der Waals surface area (Å²) in [6.45, 7) is 6.60. The molecule has 0 radical (unpaired) electrons. The largest absolute Gasteiger partial charge is 0.493 e. The molecule has 8 nitrogen and oxygen atoms in total. The Morgan fingerprint density at radius 3 is 2.48 bits per heavy atom. The molecule has 2 aliphatic rings. The second kappa shape index (κ2) is 9.50. The number of hydrazone groups is 1. The number of fused-ring (bicyclic) bond motifs is 1. The number of nitrogens with zero attached hydrogens (tertiary/aromatic N) is 3. The molecule has 0 spiro atoms. The minimum atomic E-state index is -0.466. The molecule has 2 heterocycles. The van der Waals surface area contributed by atoms with Crippen LogP contribution in [0.2, 0.25) is 0 Å². The van der Waals surface area contributed by atoms with Crippen LogP contribution in [-0.2, 0) is 4.79 Å². The highest BCUT2D eigenvalue weighted by Crippen LogP contribution is 2.31. The highest BCUT2D eigenvalue weighted by molar-refractivity contribution is 8.26. The number of carbonyl (C=O) groups is 1. The molecule has 0 aromatic heterocycles. The van der Waals surface area contributed by atoms with Crippen molar-refractivity contribution in [2.45, 2.75) is 20.8 Å². The van der Waals surface area contributed by atoms with E-state index in [2.05, 4.69) is 16.2 Å². The van der Waals surface area contributed by atoms with Crippen molar-refractivity contribution in [1.29, 1.82) is 5.41 Å². The lowest BCUT2D eigenvalue weighted by Gasteiger charge is -2.20. The van der Waals surface area contributed by atoms with Crippen molar-refractivity contribution in [2.75, 3.05) is 20.3 Å².